The van der Waals surface area contributed by atoms with Crippen LogP contribution in [0.25, 0.3) is 0 Å². The summed E-state index contributed by atoms with van der Waals surface area (Å²) in [4.78, 5) is 10.9. The zero-order valence-corrected chi connectivity index (χ0v) is 8.29. The molecule has 0 aromatic heterocycles. The number of benzene rings is 1. The molecule has 4 nitrogen and oxygen atoms in total. The molecule has 0 amide bonds. The number of aromatic carboxylic acids is 1. The van der Waals surface area contributed by atoms with E-state index in [4.69, 9.17) is 14.6 Å². The molecule has 1 heterocycles. The van der Waals surface area contributed by atoms with Gasteiger partial charge in [-0.15, -0.1) is 0 Å². The number of halogens is 2. The van der Waals surface area contributed by atoms with E-state index < -0.39 is 17.5 Å². The first kappa shape index (κ1) is 10.7. The SMILES string of the molecule is CC(F)(F)c1cc2c(c(C(=O)O)c1)OCO2. The number of carboxylic acid groups (broad SMARTS) is 1. The van der Waals surface area contributed by atoms with Gasteiger partial charge in [0.15, 0.2) is 11.5 Å². The standard InChI is InChI=1S/C10H8F2O4/c1-10(11,12)5-2-6(9(13)14)8-7(3-5)15-4-16-8/h2-3H,4H2,1H3,(H,13,14). The third kappa shape index (κ3) is 1.66. The normalized spacial score (nSPS) is 13.9. The summed E-state index contributed by atoms with van der Waals surface area (Å²) in [7, 11) is 0. The molecule has 1 aliphatic heterocycles. The number of fused-ring (bicyclic) bond motifs is 1. The lowest BCUT2D eigenvalue weighted by Crippen LogP contribution is -2.09. The van der Waals surface area contributed by atoms with E-state index in [1.165, 1.54) is 0 Å². The van der Waals surface area contributed by atoms with E-state index in [2.05, 4.69) is 0 Å². The Balaban J connectivity index is 2.61. The topological polar surface area (TPSA) is 55.8 Å². The van der Waals surface area contributed by atoms with Crippen molar-refractivity contribution < 1.29 is 28.2 Å². The average molecular weight is 230 g/mol. The lowest BCUT2D eigenvalue weighted by molar-refractivity contribution is 0.0172. The largest absolute Gasteiger partial charge is 0.478 e. The fourth-order valence-electron chi connectivity index (χ4n) is 1.42. The number of carboxylic acids is 1. The molecular formula is C10H8F2O4. The molecule has 0 unspecified atom stereocenters. The van der Waals surface area contributed by atoms with Gasteiger partial charge < -0.3 is 14.6 Å². The molecular weight excluding hydrogens is 222 g/mol. The van der Waals surface area contributed by atoms with Crippen molar-refractivity contribution in [1.29, 1.82) is 0 Å². The van der Waals surface area contributed by atoms with Crippen molar-refractivity contribution >= 4 is 5.97 Å². The van der Waals surface area contributed by atoms with Gasteiger partial charge in [-0.05, 0) is 12.1 Å². The van der Waals surface area contributed by atoms with Gasteiger partial charge in [-0.1, -0.05) is 0 Å². The molecule has 6 heteroatoms. The van der Waals surface area contributed by atoms with Crippen molar-refractivity contribution in [3.8, 4) is 11.5 Å². The molecule has 0 aliphatic carbocycles. The molecule has 0 saturated carbocycles. The molecule has 86 valence electrons. The summed E-state index contributed by atoms with van der Waals surface area (Å²) >= 11 is 0. The molecule has 0 atom stereocenters. The molecule has 0 bridgehead atoms. The number of alkyl halides is 2. The first-order valence-corrected chi connectivity index (χ1v) is 4.45. The second-order valence-corrected chi connectivity index (χ2v) is 3.45. The quantitative estimate of drug-likeness (QED) is 0.846. The molecule has 1 aliphatic rings. The Hall–Kier alpha value is -1.85. The van der Waals surface area contributed by atoms with Crippen molar-refractivity contribution in [1.82, 2.24) is 0 Å². The third-order valence-corrected chi connectivity index (χ3v) is 2.21. The fourth-order valence-corrected chi connectivity index (χ4v) is 1.42. The predicted octanol–water partition coefficient (Wildman–Crippen LogP) is 2.23. The van der Waals surface area contributed by atoms with Gasteiger partial charge in [-0.2, -0.15) is 0 Å². The Bertz CT molecular complexity index is 451. The lowest BCUT2D eigenvalue weighted by atomic mass is 10.0. The van der Waals surface area contributed by atoms with Crippen LogP contribution in [0, 0.1) is 0 Å². The second kappa shape index (κ2) is 3.33. The first-order valence-electron chi connectivity index (χ1n) is 4.45. The van der Waals surface area contributed by atoms with Gasteiger partial charge in [0.05, 0.1) is 0 Å². The predicted molar refractivity (Wildman–Crippen MR) is 49.1 cm³/mol. The highest BCUT2D eigenvalue weighted by Crippen LogP contribution is 2.40. The van der Waals surface area contributed by atoms with E-state index >= 15 is 0 Å². The van der Waals surface area contributed by atoms with E-state index in [-0.39, 0.29) is 23.9 Å². The van der Waals surface area contributed by atoms with E-state index in [0.717, 1.165) is 12.1 Å². The van der Waals surface area contributed by atoms with Crippen molar-refractivity contribution in [2.24, 2.45) is 0 Å². The highest BCUT2D eigenvalue weighted by Gasteiger charge is 2.31. The van der Waals surface area contributed by atoms with Crippen LogP contribution < -0.4 is 9.47 Å². The summed E-state index contributed by atoms with van der Waals surface area (Å²) in [6.07, 6.45) is 0. The Kier molecular flexibility index (Phi) is 2.22. The average Bonchev–Trinajstić information content (AvgIpc) is 2.61. The van der Waals surface area contributed by atoms with Gasteiger partial charge in [-0.3, -0.25) is 0 Å². The molecule has 1 N–H and O–H groups in total. The van der Waals surface area contributed by atoms with Crippen LogP contribution in [0.15, 0.2) is 12.1 Å². The maximum Gasteiger partial charge on any atom is 0.339 e. The Morgan fingerprint density at radius 1 is 1.44 bits per heavy atom. The summed E-state index contributed by atoms with van der Waals surface area (Å²) in [5.41, 5.74) is -0.722. The number of hydrogen-bond acceptors (Lipinski definition) is 3. The van der Waals surface area contributed by atoms with Crippen LogP contribution in [0.1, 0.15) is 22.8 Å². The minimum absolute atomic E-state index is 0.000463. The van der Waals surface area contributed by atoms with Gasteiger partial charge in [0.25, 0.3) is 5.92 Å². The van der Waals surface area contributed by atoms with Crippen LogP contribution in [0.5, 0.6) is 11.5 Å². The van der Waals surface area contributed by atoms with Gasteiger partial charge in [0, 0.05) is 12.5 Å². The molecule has 0 spiro atoms. The van der Waals surface area contributed by atoms with Crippen LogP contribution in [0.3, 0.4) is 0 Å². The molecule has 0 radical (unpaired) electrons. The Morgan fingerprint density at radius 3 is 2.69 bits per heavy atom. The van der Waals surface area contributed by atoms with E-state index in [0.29, 0.717) is 6.92 Å². The zero-order chi connectivity index (χ0) is 11.9. The van der Waals surface area contributed by atoms with Crippen LogP contribution in [0.4, 0.5) is 8.78 Å². The van der Waals surface area contributed by atoms with Crippen LogP contribution in [0.2, 0.25) is 0 Å². The lowest BCUT2D eigenvalue weighted by Gasteiger charge is -2.12. The molecule has 1 aromatic carbocycles. The minimum atomic E-state index is -3.12. The summed E-state index contributed by atoms with van der Waals surface area (Å²) in [5, 5.41) is 8.86. The first-order chi connectivity index (χ1) is 7.39. The maximum atomic E-state index is 13.1. The zero-order valence-electron chi connectivity index (χ0n) is 8.29. The van der Waals surface area contributed by atoms with E-state index in [9.17, 15) is 13.6 Å². The number of hydrogen-bond donors (Lipinski definition) is 1. The number of carbonyl (C=O) groups is 1. The van der Waals surface area contributed by atoms with Gasteiger partial charge in [0.1, 0.15) is 5.56 Å². The van der Waals surface area contributed by atoms with Crippen molar-refractivity contribution in [2.75, 3.05) is 6.79 Å². The Labute approximate surface area is 89.4 Å². The molecule has 1 aromatic rings. The second-order valence-electron chi connectivity index (χ2n) is 3.45. The maximum absolute atomic E-state index is 13.1. The smallest absolute Gasteiger partial charge is 0.339 e. The van der Waals surface area contributed by atoms with Gasteiger partial charge >= 0.3 is 5.97 Å². The van der Waals surface area contributed by atoms with Gasteiger partial charge in [0.2, 0.25) is 6.79 Å². The number of ether oxygens (including phenoxy) is 2. The van der Waals surface area contributed by atoms with Crippen molar-refractivity contribution in [3.63, 3.8) is 0 Å². The monoisotopic (exact) mass is 230 g/mol. The summed E-state index contributed by atoms with van der Waals surface area (Å²) in [5.74, 6) is -4.41. The summed E-state index contributed by atoms with van der Waals surface area (Å²) in [6.45, 7) is 0.532. The Morgan fingerprint density at radius 2 is 2.12 bits per heavy atom. The minimum Gasteiger partial charge on any atom is -0.478 e. The van der Waals surface area contributed by atoms with E-state index in [1.54, 1.807) is 0 Å². The van der Waals surface area contributed by atoms with Gasteiger partial charge in [-0.25, -0.2) is 13.6 Å². The van der Waals surface area contributed by atoms with Crippen molar-refractivity contribution in [3.05, 3.63) is 23.3 Å². The van der Waals surface area contributed by atoms with Crippen molar-refractivity contribution in [2.45, 2.75) is 12.8 Å². The summed E-state index contributed by atoms with van der Waals surface area (Å²) < 4.78 is 36.0. The molecule has 2 rings (SSSR count). The molecule has 0 saturated heterocycles. The van der Waals surface area contributed by atoms with E-state index in [1.807, 2.05) is 0 Å². The fraction of sp³-hybridized carbons (Fsp3) is 0.300. The highest BCUT2D eigenvalue weighted by molar-refractivity contribution is 5.92. The highest BCUT2D eigenvalue weighted by atomic mass is 19.3. The number of rotatable bonds is 2. The molecule has 0 fully saturated rings. The summed E-state index contributed by atoms with van der Waals surface area (Å²) in [6, 6.07) is 1.99. The molecule has 16 heavy (non-hydrogen) atoms. The van der Waals surface area contributed by atoms with Crippen LogP contribution >= 0.6 is 0 Å². The van der Waals surface area contributed by atoms with Crippen LogP contribution in [-0.2, 0) is 5.92 Å². The van der Waals surface area contributed by atoms with Crippen LogP contribution in [-0.4, -0.2) is 17.9 Å². The third-order valence-electron chi connectivity index (χ3n) is 2.21.